The second kappa shape index (κ2) is 10.2. The average molecular weight is 449 g/mol. The molecule has 6 atom stereocenters. The number of fused-ring (bicyclic) bond motifs is 1. The summed E-state index contributed by atoms with van der Waals surface area (Å²) in [6, 6.07) is 0. The lowest BCUT2D eigenvalue weighted by molar-refractivity contribution is 0.0705. The van der Waals surface area contributed by atoms with Gasteiger partial charge in [-0.2, -0.15) is 11.8 Å². The van der Waals surface area contributed by atoms with Crippen LogP contribution in [0.15, 0.2) is 35.5 Å². The molecule has 0 amide bonds. The third-order valence-corrected chi connectivity index (χ3v) is 9.56. The topological polar surface area (TPSA) is 60.7 Å². The van der Waals surface area contributed by atoms with E-state index < -0.39 is 17.8 Å². The molecule has 0 radical (unpaired) electrons. The van der Waals surface area contributed by atoms with Crippen molar-refractivity contribution in [3.05, 3.63) is 35.5 Å². The van der Waals surface area contributed by atoms with E-state index >= 15 is 0 Å². The first-order chi connectivity index (χ1) is 14.5. The van der Waals surface area contributed by atoms with E-state index in [1.165, 1.54) is 32.1 Å². The second-order valence-corrected chi connectivity index (χ2v) is 12.6. The fourth-order valence-corrected chi connectivity index (χ4v) is 7.77. The second-order valence-electron chi connectivity index (χ2n) is 11.2. The summed E-state index contributed by atoms with van der Waals surface area (Å²) in [6.45, 7) is 12.8. The highest BCUT2D eigenvalue weighted by molar-refractivity contribution is 7.99. The highest BCUT2D eigenvalue weighted by Gasteiger charge is 2.50. The van der Waals surface area contributed by atoms with Gasteiger partial charge in [-0.1, -0.05) is 38.2 Å². The van der Waals surface area contributed by atoms with Crippen molar-refractivity contribution >= 4 is 11.8 Å². The molecule has 0 aliphatic heterocycles. The lowest BCUT2D eigenvalue weighted by Crippen LogP contribution is -2.37. The highest BCUT2D eigenvalue weighted by atomic mass is 32.2. The number of hydrogen-bond acceptors (Lipinski definition) is 4. The lowest BCUT2D eigenvalue weighted by atomic mass is 9.63. The van der Waals surface area contributed by atoms with Crippen molar-refractivity contribution in [1.82, 2.24) is 0 Å². The predicted octanol–water partition coefficient (Wildman–Crippen LogP) is 5.80. The lowest BCUT2D eigenvalue weighted by Gasteiger charge is -2.44. The van der Waals surface area contributed by atoms with Crippen molar-refractivity contribution in [2.75, 3.05) is 5.75 Å². The van der Waals surface area contributed by atoms with Gasteiger partial charge in [-0.05, 0) is 99.4 Å². The van der Waals surface area contributed by atoms with Crippen LogP contribution >= 0.6 is 11.8 Å². The predicted molar refractivity (Wildman–Crippen MR) is 132 cm³/mol. The molecule has 3 rings (SSSR count). The van der Waals surface area contributed by atoms with Gasteiger partial charge in [0.05, 0.1) is 17.8 Å². The Bertz CT molecular complexity index is 704. The molecule has 176 valence electrons. The Morgan fingerprint density at radius 1 is 1.26 bits per heavy atom. The van der Waals surface area contributed by atoms with Crippen LogP contribution in [0.5, 0.6) is 0 Å². The van der Waals surface area contributed by atoms with Crippen LogP contribution in [0.4, 0.5) is 0 Å². The molecule has 0 bridgehead atoms. The van der Waals surface area contributed by atoms with E-state index in [0.29, 0.717) is 29.4 Å². The van der Waals surface area contributed by atoms with Gasteiger partial charge in [0, 0.05) is 11.7 Å². The first-order valence-electron chi connectivity index (χ1n) is 12.3. The van der Waals surface area contributed by atoms with E-state index in [4.69, 9.17) is 0 Å². The average Bonchev–Trinajstić information content (AvgIpc) is 3.03. The molecule has 0 aromatic carbocycles. The maximum atomic E-state index is 10.1. The Morgan fingerprint density at radius 2 is 2.00 bits per heavy atom. The van der Waals surface area contributed by atoms with Crippen molar-refractivity contribution in [3.8, 4) is 0 Å². The van der Waals surface area contributed by atoms with Crippen LogP contribution in [0, 0.1) is 17.3 Å². The fraction of sp³-hybridized carbons (Fsp3) is 0.778. The number of rotatable bonds is 7. The minimum atomic E-state index is -0.616. The molecular formula is C27H44O3S. The molecule has 3 saturated carbocycles. The van der Waals surface area contributed by atoms with Crippen molar-refractivity contribution in [2.24, 2.45) is 17.3 Å². The van der Waals surface area contributed by atoms with Gasteiger partial charge in [-0.15, -0.1) is 0 Å². The fourth-order valence-electron chi connectivity index (χ4n) is 6.41. The maximum absolute atomic E-state index is 10.1. The Labute approximate surface area is 194 Å². The molecule has 0 aromatic rings. The molecule has 0 spiro atoms. The first kappa shape index (κ1) is 25.1. The van der Waals surface area contributed by atoms with Gasteiger partial charge in [0.15, 0.2) is 0 Å². The quantitative estimate of drug-likeness (QED) is 0.431. The minimum absolute atomic E-state index is 0.369. The SMILES string of the molecule is C=C1/C(=C\C=C2/CCC[C@]3(C)[C@@H](C(C)SCCCC(C)(C)O)CC[C@@H]23)C[C@@H](O)C[C@@H]1O. The number of allylic oxidation sites excluding steroid dienone is 3. The molecule has 0 aromatic heterocycles. The normalized spacial score (nSPS) is 38.0. The van der Waals surface area contributed by atoms with E-state index in [9.17, 15) is 15.3 Å². The maximum Gasteiger partial charge on any atom is 0.0811 e. The molecule has 0 saturated heterocycles. The van der Waals surface area contributed by atoms with Crippen LogP contribution in [0.3, 0.4) is 0 Å². The van der Waals surface area contributed by atoms with Gasteiger partial charge in [-0.25, -0.2) is 0 Å². The van der Waals surface area contributed by atoms with E-state index in [1.54, 1.807) is 5.57 Å². The minimum Gasteiger partial charge on any atom is -0.393 e. The van der Waals surface area contributed by atoms with Gasteiger partial charge < -0.3 is 15.3 Å². The summed E-state index contributed by atoms with van der Waals surface area (Å²) in [6.07, 6.45) is 12.6. The van der Waals surface area contributed by atoms with Crippen LogP contribution in [-0.2, 0) is 0 Å². The molecule has 3 N–H and O–H groups in total. The zero-order valence-electron chi connectivity index (χ0n) is 20.1. The Morgan fingerprint density at radius 3 is 2.71 bits per heavy atom. The van der Waals surface area contributed by atoms with Crippen molar-refractivity contribution in [1.29, 1.82) is 0 Å². The van der Waals surface area contributed by atoms with Crippen molar-refractivity contribution in [2.45, 2.75) is 109 Å². The highest BCUT2D eigenvalue weighted by Crippen LogP contribution is 2.59. The Balaban J connectivity index is 1.66. The molecule has 0 heterocycles. The van der Waals surface area contributed by atoms with Crippen LogP contribution in [0.25, 0.3) is 0 Å². The van der Waals surface area contributed by atoms with E-state index in [0.717, 1.165) is 35.7 Å². The third-order valence-electron chi connectivity index (χ3n) is 8.18. The van der Waals surface area contributed by atoms with Gasteiger partial charge in [-0.3, -0.25) is 0 Å². The molecule has 3 aliphatic rings. The largest absolute Gasteiger partial charge is 0.393 e. The summed E-state index contributed by atoms with van der Waals surface area (Å²) in [5.74, 6) is 2.52. The summed E-state index contributed by atoms with van der Waals surface area (Å²) < 4.78 is 0. The molecular weight excluding hydrogens is 404 g/mol. The number of hydrogen-bond donors (Lipinski definition) is 3. The Kier molecular flexibility index (Phi) is 8.22. The Hall–Kier alpha value is -0.550. The van der Waals surface area contributed by atoms with E-state index in [2.05, 4.69) is 44.3 Å². The number of aliphatic hydroxyl groups is 3. The summed E-state index contributed by atoms with van der Waals surface area (Å²) in [7, 11) is 0. The van der Waals surface area contributed by atoms with Gasteiger partial charge in [0.1, 0.15) is 0 Å². The zero-order chi connectivity index (χ0) is 22.8. The number of aliphatic hydroxyl groups excluding tert-OH is 2. The molecule has 31 heavy (non-hydrogen) atoms. The molecule has 3 fully saturated rings. The van der Waals surface area contributed by atoms with E-state index in [1.807, 2.05) is 13.8 Å². The third kappa shape index (κ3) is 6.07. The first-order valence-corrected chi connectivity index (χ1v) is 13.3. The summed E-state index contributed by atoms with van der Waals surface area (Å²) in [4.78, 5) is 0. The monoisotopic (exact) mass is 448 g/mol. The van der Waals surface area contributed by atoms with E-state index in [-0.39, 0.29) is 0 Å². The van der Waals surface area contributed by atoms with Crippen LogP contribution in [-0.4, -0.2) is 44.1 Å². The molecule has 4 heteroatoms. The standard InChI is InChI=1S/C27H44O3S/c1-18-21(16-22(28)17-25(18)29)10-9-20-8-6-14-27(5)23(11-12-24(20)27)19(2)31-15-7-13-26(3,4)30/h9-10,19,22-25,28-30H,1,6-8,11-17H2,2-5H3/b20-9+,21-10-/t19?,22-,23-,24+,25+,27-/m1/s1. The summed E-state index contributed by atoms with van der Waals surface area (Å²) in [5.41, 5.74) is 3.16. The van der Waals surface area contributed by atoms with Gasteiger partial charge in [0.25, 0.3) is 0 Å². The number of thioether (sulfide) groups is 1. The van der Waals surface area contributed by atoms with Crippen LogP contribution in [0.1, 0.15) is 85.5 Å². The van der Waals surface area contributed by atoms with Crippen molar-refractivity contribution in [3.63, 3.8) is 0 Å². The smallest absolute Gasteiger partial charge is 0.0811 e. The van der Waals surface area contributed by atoms with Crippen molar-refractivity contribution < 1.29 is 15.3 Å². The summed E-state index contributed by atoms with van der Waals surface area (Å²) >= 11 is 2.10. The van der Waals surface area contributed by atoms with Gasteiger partial charge >= 0.3 is 0 Å². The zero-order valence-corrected chi connectivity index (χ0v) is 20.9. The van der Waals surface area contributed by atoms with Crippen LogP contribution in [0.2, 0.25) is 0 Å². The molecule has 1 unspecified atom stereocenters. The van der Waals surface area contributed by atoms with Crippen LogP contribution < -0.4 is 0 Å². The van der Waals surface area contributed by atoms with Gasteiger partial charge in [0.2, 0.25) is 0 Å². The molecule has 3 nitrogen and oxygen atoms in total. The molecule has 3 aliphatic carbocycles. The summed E-state index contributed by atoms with van der Waals surface area (Å²) in [5, 5.41) is 30.8.